The summed E-state index contributed by atoms with van der Waals surface area (Å²) in [6, 6.07) is 11.3. The lowest BCUT2D eigenvalue weighted by Crippen LogP contribution is -2.04. The van der Waals surface area contributed by atoms with Gasteiger partial charge in [0, 0.05) is 18.4 Å². The van der Waals surface area contributed by atoms with Gasteiger partial charge in [0.25, 0.3) is 0 Å². The molecule has 0 aliphatic carbocycles. The summed E-state index contributed by atoms with van der Waals surface area (Å²) < 4.78 is 5.97. The minimum Gasteiger partial charge on any atom is -0.507 e. The summed E-state index contributed by atoms with van der Waals surface area (Å²) in [5, 5.41) is 37.3. The minimum absolute atomic E-state index is 0.0650. The number of nitrogens with one attached hydrogen (secondary N) is 1. The van der Waals surface area contributed by atoms with E-state index in [1.54, 1.807) is 10.9 Å². The molecule has 4 aromatic rings. The number of aromatic hydroxyl groups is 1. The molecule has 2 heterocycles. The summed E-state index contributed by atoms with van der Waals surface area (Å²) in [7, 11) is 0. The van der Waals surface area contributed by atoms with E-state index >= 15 is 0 Å². The van der Waals surface area contributed by atoms with Crippen molar-refractivity contribution in [3.05, 3.63) is 70.3 Å². The molecule has 0 bridgehead atoms. The molecule has 0 radical (unpaired) electrons. The van der Waals surface area contributed by atoms with Gasteiger partial charge in [-0.1, -0.05) is 43.2 Å². The molecule has 0 amide bonds. The van der Waals surface area contributed by atoms with Gasteiger partial charge in [-0.05, 0) is 60.7 Å². The number of benzene rings is 2. The number of hydrogen-bond acceptors (Lipinski definition) is 9. The number of Topliss-reactive ketones (excluding diaryl/α,β-unsaturated/α-hetero) is 1. The van der Waals surface area contributed by atoms with Crippen LogP contribution in [0.3, 0.4) is 0 Å². The Morgan fingerprint density at radius 3 is 2.59 bits per heavy atom. The van der Waals surface area contributed by atoms with Crippen molar-refractivity contribution in [3.63, 3.8) is 0 Å². The van der Waals surface area contributed by atoms with Crippen LogP contribution in [0.1, 0.15) is 78.2 Å². The van der Waals surface area contributed by atoms with E-state index in [-0.39, 0.29) is 11.5 Å². The number of hydrogen-bond donors (Lipinski definition) is 2. The standard InChI is InChI=1S/C26H32N8O3/c1-3-7-23-20(11-14-22(18(2)35)26(23)36)17-37-21-12-9-19(10-13-21)16-25-29-33-34(30-25)15-6-4-5-8-24-27-31-32-28-24/h9-14,36H,3-8,15-17H2,1-2H3,(H,27,28,31,32). The van der Waals surface area contributed by atoms with E-state index in [0.29, 0.717) is 30.8 Å². The van der Waals surface area contributed by atoms with Gasteiger partial charge in [0.15, 0.2) is 17.4 Å². The van der Waals surface area contributed by atoms with Crippen LogP contribution in [0.25, 0.3) is 0 Å². The molecule has 2 aromatic carbocycles. The van der Waals surface area contributed by atoms with Crippen LogP contribution >= 0.6 is 0 Å². The van der Waals surface area contributed by atoms with Gasteiger partial charge in [-0.2, -0.15) is 10.0 Å². The highest BCUT2D eigenvalue weighted by Gasteiger charge is 2.15. The lowest BCUT2D eigenvalue weighted by Gasteiger charge is -2.14. The van der Waals surface area contributed by atoms with Crippen molar-refractivity contribution in [2.24, 2.45) is 0 Å². The Labute approximate surface area is 215 Å². The molecule has 2 aromatic heterocycles. The monoisotopic (exact) mass is 504 g/mol. The SMILES string of the molecule is CCCc1c(COc2ccc(Cc3nnn(CCCCCc4nn[nH]n4)n3)cc2)ccc(C(C)=O)c1O. The minimum atomic E-state index is -0.149. The molecule has 37 heavy (non-hydrogen) atoms. The maximum absolute atomic E-state index is 11.8. The highest BCUT2D eigenvalue weighted by Crippen LogP contribution is 2.29. The number of carbonyl (C=O) groups is 1. The predicted molar refractivity (Wildman–Crippen MR) is 135 cm³/mol. The van der Waals surface area contributed by atoms with E-state index in [9.17, 15) is 9.90 Å². The highest BCUT2D eigenvalue weighted by atomic mass is 16.5. The molecule has 0 atom stereocenters. The molecular formula is C26H32N8O3. The Kier molecular flexibility index (Phi) is 8.90. The van der Waals surface area contributed by atoms with Gasteiger partial charge in [0.05, 0.1) is 12.1 Å². The number of carbonyl (C=O) groups excluding carboxylic acids is 1. The molecule has 0 unspecified atom stereocenters. The molecule has 0 saturated heterocycles. The lowest BCUT2D eigenvalue weighted by atomic mass is 9.97. The van der Waals surface area contributed by atoms with Gasteiger partial charge < -0.3 is 9.84 Å². The first kappa shape index (κ1) is 25.9. The molecule has 4 rings (SSSR count). The summed E-state index contributed by atoms with van der Waals surface area (Å²) in [6.07, 6.45) is 5.89. The fourth-order valence-electron chi connectivity index (χ4n) is 4.12. The van der Waals surface area contributed by atoms with Gasteiger partial charge >= 0.3 is 0 Å². The van der Waals surface area contributed by atoms with Crippen LogP contribution in [0.4, 0.5) is 0 Å². The maximum atomic E-state index is 11.8. The number of aryl methyl sites for hydroxylation is 2. The molecule has 11 heteroatoms. The van der Waals surface area contributed by atoms with E-state index in [0.717, 1.165) is 66.9 Å². The third-order valence-electron chi connectivity index (χ3n) is 6.08. The molecule has 0 aliphatic heterocycles. The van der Waals surface area contributed by atoms with Crippen LogP contribution in [-0.2, 0) is 32.4 Å². The molecule has 2 N–H and O–H groups in total. The highest BCUT2D eigenvalue weighted by molar-refractivity contribution is 5.97. The Morgan fingerprint density at radius 1 is 1.03 bits per heavy atom. The third-order valence-corrected chi connectivity index (χ3v) is 6.08. The van der Waals surface area contributed by atoms with Crippen molar-refractivity contribution in [1.82, 2.24) is 40.8 Å². The fourth-order valence-corrected chi connectivity index (χ4v) is 4.12. The Balaban J connectivity index is 1.25. The van der Waals surface area contributed by atoms with Gasteiger partial charge in [-0.15, -0.1) is 20.4 Å². The Hall–Kier alpha value is -4.15. The van der Waals surface area contributed by atoms with Gasteiger partial charge in [-0.3, -0.25) is 4.79 Å². The second-order valence-corrected chi connectivity index (χ2v) is 8.96. The van der Waals surface area contributed by atoms with Crippen LogP contribution in [0.5, 0.6) is 11.5 Å². The van der Waals surface area contributed by atoms with Crippen LogP contribution in [0.15, 0.2) is 36.4 Å². The van der Waals surface area contributed by atoms with Crippen molar-refractivity contribution >= 4 is 5.78 Å². The van der Waals surface area contributed by atoms with E-state index in [2.05, 4.69) is 36.0 Å². The zero-order valence-corrected chi connectivity index (χ0v) is 21.2. The molecule has 0 spiro atoms. The zero-order chi connectivity index (χ0) is 26.0. The summed E-state index contributed by atoms with van der Waals surface area (Å²) in [5.74, 6) is 2.05. The number of nitrogens with zero attached hydrogens (tertiary/aromatic N) is 7. The second-order valence-electron chi connectivity index (χ2n) is 8.96. The number of phenols is 1. The number of ether oxygens (including phenoxy) is 1. The number of aromatic amines is 1. The molecule has 194 valence electrons. The average molecular weight is 505 g/mol. The number of aromatic nitrogens is 8. The van der Waals surface area contributed by atoms with Crippen molar-refractivity contribution in [2.75, 3.05) is 0 Å². The fraction of sp³-hybridized carbons (Fsp3) is 0.423. The van der Waals surface area contributed by atoms with E-state index in [4.69, 9.17) is 4.74 Å². The first-order valence-electron chi connectivity index (χ1n) is 12.6. The number of ketones is 1. The summed E-state index contributed by atoms with van der Waals surface area (Å²) >= 11 is 0. The first-order chi connectivity index (χ1) is 18.0. The number of tetrazole rings is 2. The average Bonchev–Trinajstić information content (AvgIpc) is 3.57. The Morgan fingerprint density at radius 2 is 1.86 bits per heavy atom. The Bertz CT molecular complexity index is 1290. The van der Waals surface area contributed by atoms with Crippen LogP contribution < -0.4 is 4.74 Å². The summed E-state index contributed by atoms with van der Waals surface area (Å²) in [4.78, 5) is 13.4. The second kappa shape index (κ2) is 12.7. The van der Waals surface area contributed by atoms with E-state index in [1.165, 1.54) is 6.92 Å². The maximum Gasteiger partial charge on any atom is 0.179 e. The van der Waals surface area contributed by atoms with E-state index < -0.39 is 0 Å². The quantitative estimate of drug-likeness (QED) is 0.194. The number of unbranched alkanes of at least 4 members (excludes halogenated alkanes) is 2. The predicted octanol–water partition coefficient (Wildman–Crippen LogP) is 3.63. The number of phenolic OH excluding ortho intramolecular Hbond substituents is 1. The molecule has 11 nitrogen and oxygen atoms in total. The third kappa shape index (κ3) is 7.18. The van der Waals surface area contributed by atoms with Crippen molar-refractivity contribution in [1.29, 1.82) is 0 Å². The van der Waals surface area contributed by atoms with Crippen LogP contribution in [0.2, 0.25) is 0 Å². The largest absolute Gasteiger partial charge is 0.507 e. The van der Waals surface area contributed by atoms with Crippen LogP contribution in [-0.4, -0.2) is 51.7 Å². The van der Waals surface area contributed by atoms with Crippen LogP contribution in [0, 0.1) is 0 Å². The van der Waals surface area contributed by atoms with Crippen molar-refractivity contribution < 1.29 is 14.6 Å². The van der Waals surface area contributed by atoms with Gasteiger partial charge in [0.2, 0.25) is 0 Å². The molecule has 0 fully saturated rings. The number of rotatable bonds is 14. The molecular weight excluding hydrogens is 472 g/mol. The van der Waals surface area contributed by atoms with Crippen molar-refractivity contribution in [3.8, 4) is 11.5 Å². The zero-order valence-electron chi connectivity index (χ0n) is 21.2. The summed E-state index contributed by atoms with van der Waals surface area (Å²) in [6.45, 7) is 4.53. The molecule has 0 saturated carbocycles. The van der Waals surface area contributed by atoms with Gasteiger partial charge in [0.1, 0.15) is 18.1 Å². The van der Waals surface area contributed by atoms with E-state index in [1.807, 2.05) is 37.3 Å². The smallest absolute Gasteiger partial charge is 0.179 e. The normalized spacial score (nSPS) is 11.1. The lowest BCUT2D eigenvalue weighted by molar-refractivity contribution is 0.101. The number of H-pyrrole nitrogens is 1. The molecule has 0 aliphatic rings. The topological polar surface area (TPSA) is 145 Å². The van der Waals surface area contributed by atoms with Gasteiger partial charge in [-0.25, -0.2) is 0 Å². The summed E-state index contributed by atoms with van der Waals surface area (Å²) in [5.41, 5.74) is 3.06. The first-order valence-corrected chi connectivity index (χ1v) is 12.6. The van der Waals surface area contributed by atoms with Crippen molar-refractivity contribution in [2.45, 2.75) is 71.9 Å².